The van der Waals surface area contributed by atoms with E-state index in [-0.39, 0.29) is 5.91 Å². The van der Waals surface area contributed by atoms with E-state index >= 15 is 0 Å². The largest absolute Gasteiger partial charge is 0.491 e. The second-order valence-corrected chi connectivity index (χ2v) is 7.67. The number of halogens is 1. The lowest BCUT2D eigenvalue weighted by molar-refractivity contribution is -0.122. The van der Waals surface area contributed by atoms with Crippen molar-refractivity contribution in [3.63, 3.8) is 0 Å². The van der Waals surface area contributed by atoms with Gasteiger partial charge in [0.05, 0.1) is 6.54 Å². The lowest BCUT2D eigenvalue weighted by Gasteiger charge is -2.22. The van der Waals surface area contributed by atoms with E-state index in [4.69, 9.17) is 9.15 Å². The van der Waals surface area contributed by atoms with Crippen LogP contribution < -0.4 is 9.64 Å². The quantitative estimate of drug-likeness (QED) is 0.622. The van der Waals surface area contributed by atoms with E-state index in [9.17, 15) is 4.79 Å². The van der Waals surface area contributed by atoms with Crippen LogP contribution in [0.15, 0.2) is 63.5 Å². The zero-order valence-electron chi connectivity index (χ0n) is 14.2. The van der Waals surface area contributed by atoms with Crippen molar-refractivity contribution in [2.75, 3.05) is 11.5 Å². The van der Waals surface area contributed by atoms with Gasteiger partial charge in [0.1, 0.15) is 29.3 Å². The van der Waals surface area contributed by atoms with E-state index in [2.05, 4.69) is 15.9 Å². The zero-order chi connectivity index (χ0) is 17.9. The second-order valence-electron chi connectivity index (χ2n) is 6.76. The Kier molecular flexibility index (Phi) is 3.31. The summed E-state index contributed by atoms with van der Waals surface area (Å²) in [7, 11) is 0. The maximum atomic E-state index is 13.7. The summed E-state index contributed by atoms with van der Waals surface area (Å²) in [6, 6.07) is 17.7. The molecule has 130 valence electrons. The standard InChI is InChI=1S/C21H16BrNO3/c1-13-6-8-15(26-13)11-23-18-5-3-2-4-16(18)21(20(23)24)12-25-19-9-7-14(22)10-17(19)21/h2-10H,11-12H2,1H3. The number of para-hydroxylation sites is 1. The van der Waals surface area contributed by atoms with Crippen molar-refractivity contribution in [1.29, 1.82) is 0 Å². The molecule has 4 nitrogen and oxygen atoms in total. The van der Waals surface area contributed by atoms with E-state index in [1.807, 2.05) is 66.4 Å². The van der Waals surface area contributed by atoms with E-state index in [0.29, 0.717) is 13.2 Å². The van der Waals surface area contributed by atoms with E-state index in [0.717, 1.165) is 38.6 Å². The number of amides is 1. The molecule has 0 radical (unpaired) electrons. The molecule has 26 heavy (non-hydrogen) atoms. The summed E-state index contributed by atoms with van der Waals surface area (Å²) in [6.07, 6.45) is 0. The number of nitrogens with zero attached hydrogens (tertiary/aromatic N) is 1. The number of fused-ring (bicyclic) bond motifs is 4. The molecule has 0 bridgehead atoms. The van der Waals surface area contributed by atoms with Crippen LogP contribution in [0.4, 0.5) is 5.69 Å². The molecule has 0 saturated carbocycles. The summed E-state index contributed by atoms with van der Waals surface area (Å²) < 4.78 is 12.6. The van der Waals surface area contributed by atoms with Crippen LogP contribution in [0.3, 0.4) is 0 Å². The summed E-state index contributed by atoms with van der Waals surface area (Å²) in [5, 5.41) is 0. The van der Waals surface area contributed by atoms with Crippen LogP contribution in [0.1, 0.15) is 22.6 Å². The minimum Gasteiger partial charge on any atom is -0.491 e. The van der Waals surface area contributed by atoms with Gasteiger partial charge in [0.2, 0.25) is 5.91 Å². The first kappa shape index (κ1) is 15.7. The number of benzene rings is 2. The fourth-order valence-corrected chi connectivity index (χ4v) is 4.39. The van der Waals surface area contributed by atoms with Gasteiger partial charge in [-0.1, -0.05) is 34.1 Å². The highest BCUT2D eigenvalue weighted by molar-refractivity contribution is 9.10. The van der Waals surface area contributed by atoms with Crippen molar-refractivity contribution in [1.82, 2.24) is 0 Å². The summed E-state index contributed by atoms with van der Waals surface area (Å²) in [6.45, 7) is 2.64. The highest BCUT2D eigenvalue weighted by atomic mass is 79.9. The van der Waals surface area contributed by atoms with E-state index in [1.54, 1.807) is 0 Å². The second kappa shape index (κ2) is 5.48. The van der Waals surface area contributed by atoms with Crippen molar-refractivity contribution in [3.05, 3.63) is 81.7 Å². The average molecular weight is 410 g/mol. The first-order valence-electron chi connectivity index (χ1n) is 8.49. The van der Waals surface area contributed by atoms with Crippen LogP contribution in [0, 0.1) is 6.92 Å². The topological polar surface area (TPSA) is 42.7 Å². The SMILES string of the molecule is Cc1ccc(CN2C(=O)C3(COc4ccc(Br)cc43)c3ccccc32)o1. The predicted molar refractivity (Wildman–Crippen MR) is 101 cm³/mol. The predicted octanol–water partition coefficient (Wildman–Crippen LogP) is 4.58. The first-order chi connectivity index (χ1) is 12.6. The molecule has 0 fully saturated rings. The number of carbonyl (C=O) groups is 1. The highest BCUT2D eigenvalue weighted by Crippen LogP contribution is 2.52. The molecule has 0 aliphatic carbocycles. The first-order valence-corrected chi connectivity index (χ1v) is 9.28. The summed E-state index contributed by atoms with van der Waals surface area (Å²) in [5.74, 6) is 2.42. The monoisotopic (exact) mass is 409 g/mol. The van der Waals surface area contributed by atoms with Crippen molar-refractivity contribution in [2.24, 2.45) is 0 Å². The van der Waals surface area contributed by atoms with Gasteiger partial charge in [0.25, 0.3) is 0 Å². The molecule has 1 unspecified atom stereocenters. The lowest BCUT2D eigenvalue weighted by atomic mass is 9.77. The maximum absolute atomic E-state index is 13.7. The minimum absolute atomic E-state index is 0.0320. The number of furan rings is 1. The molecule has 5 rings (SSSR count). The Morgan fingerprint density at radius 2 is 1.96 bits per heavy atom. The van der Waals surface area contributed by atoms with Gasteiger partial charge >= 0.3 is 0 Å². The van der Waals surface area contributed by atoms with Gasteiger partial charge in [-0.15, -0.1) is 0 Å². The number of carbonyl (C=O) groups excluding carboxylic acids is 1. The van der Waals surface area contributed by atoms with Gasteiger partial charge in [0.15, 0.2) is 0 Å². The molecular weight excluding hydrogens is 394 g/mol. The molecule has 5 heteroatoms. The van der Waals surface area contributed by atoms with Crippen molar-refractivity contribution in [2.45, 2.75) is 18.9 Å². The Bertz CT molecular complexity index is 1040. The van der Waals surface area contributed by atoms with Gasteiger partial charge in [-0.2, -0.15) is 0 Å². The summed E-state index contributed by atoms with van der Waals surface area (Å²) in [5.41, 5.74) is 2.03. The zero-order valence-corrected chi connectivity index (χ0v) is 15.7. The minimum atomic E-state index is -0.794. The fourth-order valence-electron chi connectivity index (χ4n) is 4.03. The van der Waals surface area contributed by atoms with Crippen LogP contribution in [0.25, 0.3) is 0 Å². The van der Waals surface area contributed by atoms with Gasteiger partial charge in [-0.05, 0) is 48.9 Å². The number of hydrogen-bond donors (Lipinski definition) is 0. The Balaban J connectivity index is 1.68. The van der Waals surface area contributed by atoms with Gasteiger partial charge in [0, 0.05) is 15.7 Å². The van der Waals surface area contributed by atoms with Gasteiger partial charge in [-0.3, -0.25) is 4.79 Å². The third kappa shape index (κ3) is 2.04. The Labute approximate surface area is 159 Å². The molecule has 1 spiro atoms. The van der Waals surface area contributed by atoms with E-state index in [1.165, 1.54) is 0 Å². The molecule has 1 aromatic heterocycles. The van der Waals surface area contributed by atoms with E-state index < -0.39 is 5.41 Å². The molecule has 2 aliphatic heterocycles. The smallest absolute Gasteiger partial charge is 0.246 e. The molecule has 1 atom stereocenters. The third-order valence-corrected chi connectivity index (χ3v) is 5.71. The highest BCUT2D eigenvalue weighted by Gasteiger charge is 2.56. The van der Waals surface area contributed by atoms with Crippen molar-refractivity contribution in [3.8, 4) is 5.75 Å². The van der Waals surface area contributed by atoms with Crippen LogP contribution in [-0.4, -0.2) is 12.5 Å². The fraction of sp³-hybridized carbons (Fsp3) is 0.190. The van der Waals surface area contributed by atoms with Crippen LogP contribution in [0.5, 0.6) is 5.75 Å². The number of rotatable bonds is 2. The van der Waals surface area contributed by atoms with Crippen molar-refractivity contribution < 1.29 is 13.9 Å². The average Bonchev–Trinajstić information content (AvgIpc) is 3.29. The number of aryl methyl sites for hydroxylation is 1. The third-order valence-electron chi connectivity index (χ3n) is 5.22. The molecule has 3 heterocycles. The van der Waals surface area contributed by atoms with Crippen LogP contribution in [-0.2, 0) is 16.8 Å². The molecule has 2 aliphatic rings. The normalized spacial score (nSPS) is 20.4. The molecule has 2 aromatic carbocycles. The number of anilines is 1. The molecular formula is C21H16BrNO3. The lowest BCUT2D eigenvalue weighted by Crippen LogP contribution is -2.42. The van der Waals surface area contributed by atoms with Crippen LogP contribution in [0.2, 0.25) is 0 Å². The Hall–Kier alpha value is -2.53. The van der Waals surface area contributed by atoms with Crippen LogP contribution >= 0.6 is 15.9 Å². The number of hydrogen-bond acceptors (Lipinski definition) is 3. The number of ether oxygens (including phenoxy) is 1. The Morgan fingerprint density at radius 3 is 2.77 bits per heavy atom. The molecule has 1 amide bonds. The Morgan fingerprint density at radius 1 is 1.12 bits per heavy atom. The molecule has 3 aromatic rings. The molecule has 0 N–H and O–H groups in total. The molecule has 0 saturated heterocycles. The van der Waals surface area contributed by atoms with Crippen molar-refractivity contribution >= 4 is 27.5 Å². The summed E-state index contributed by atoms with van der Waals surface area (Å²) >= 11 is 3.53. The van der Waals surface area contributed by atoms with Gasteiger partial charge in [-0.25, -0.2) is 0 Å². The summed E-state index contributed by atoms with van der Waals surface area (Å²) in [4.78, 5) is 15.5. The van der Waals surface area contributed by atoms with Gasteiger partial charge < -0.3 is 14.1 Å². The maximum Gasteiger partial charge on any atom is 0.246 e.